The quantitative estimate of drug-likeness (QED) is 0.442. The number of morpholine rings is 1. The van der Waals surface area contributed by atoms with Crippen LogP contribution in [0.5, 0.6) is 0 Å². The molecule has 6 nitrogen and oxygen atoms in total. The van der Waals surface area contributed by atoms with Crippen LogP contribution >= 0.6 is 0 Å². The predicted octanol–water partition coefficient (Wildman–Crippen LogP) is 3.70. The number of aromatic nitrogens is 3. The molecule has 1 fully saturated rings. The molecule has 1 aromatic carbocycles. The van der Waals surface area contributed by atoms with Crippen molar-refractivity contribution >= 4 is 16.7 Å². The van der Waals surface area contributed by atoms with Crippen LogP contribution in [0.25, 0.3) is 22.2 Å². The van der Waals surface area contributed by atoms with Gasteiger partial charge in [0.25, 0.3) is 5.56 Å². The van der Waals surface area contributed by atoms with Crippen molar-refractivity contribution in [2.75, 3.05) is 31.2 Å². The second-order valence-electron chi connectivity index (χ2n) is 8.03. The van der Waals surface area contributed by atoms with E-state index in [1.165, 1.54) is 16.8 Å². The summed E-state index contributed by atoms with van der Waals surface area (Å²) >= 11 is 0. The maximum absolute atomic E-state index is 14.0. The summed E-state index contributed by atoms with van der Waals surface area (Å²) in [6, 6.07) is 7.24. The van der Waals surface area contributed by atoms with Gasteiger partial charge < -0.3 is 18.8 Å². The maximum atomic E-state index is 14.0. The number of aryl methyl sites for hydroxylation is 1. The Bertz CT molecular complexity index is 1410. The molecular formula is C24H21F3N4O2. The van der Waals surface area contributed by atoms with Gasteiger partial charge in [-0.2, -0.15) is 0 Å². The van der Waals surface area contributed by atoms with E-state index in [1.54, 1.807) is 6.07 Å². The first kappa shape index (κ1) is 21.3. The monoisotopic (exact) mass is 454 g/mol. The molecule has 0 amide bonds. The van der Waals surface area contributed by atoms with Crippen molar-refractivity contribution in [1.82, 2.24) is 14.1 Å². The average molecular weight is 454 g/mol. The molecule has 5 rings (SSSR count). The molecule has 9 heteroatoms. The Balaban J connectivity index is 1.50. The first-order chi connectivity index (χ1) is 15.9. The number of halogens is 3. The van der Waals surface area contributed by atoms with Crippen LogP contribution in [0.15, 0.2) is 53.7 Å². The molecule has 0 aliphatic carbocycles. The third-order valence-electron chi connectivity index (χ3n) is 5.94. The van der Waals surface area contributed by atoms with Gasteiger partial charge in [0.05, 0.1) is 31.6 Å². The van der Waals surface area contributed by atoms with Gasteiger partial charge in [-0.15, -0.1) is 0 Å². The molecule has 170 valence electrons. The SMILES string of the molecule is Cn1cc(-c2ccn(Cc3ccc(F)c(F)c3F)c(=O)c2)c2cc(N3CCOCC3)cnc21. The minimum Gasteiger partial charge on any atom is -0.378 e. The standard InChI is InChI=1S/C24H21F3N4O2/c1-29-14-19(18-11-17(12-28-24(18)29)30-6-8-33-9-7-30)15-4-5-31(21(32)10-15)13-16-2-3-20(25)23(27)22(16)26/h2-5,10-12,14H,6-9,13H2,1H3. The van der Waals surface area contributed by atoms with E-state index in [1.807, 2.05) is 24.0 Å². The van der Waals surface area contributed by atoms with Crippen LogP contribution in [0, 0.1) is 17.5 Å². The minimum absolute atomic E-state index is 0.103. The summed E-state index contributed by atoms with van der Waals surface area (Å²) in [4.78, 5) is 19.6. The van der Waals surface area contributed by atoms with E-state index < -0.39 is 17.5 Å². The second-order valence-corrected chi connectivity index (χ2v) is 8.03. The lowest BCUT2D eigenvalue weighted by Crippen LogP contribution is -2.36. The number of hydrogen-bond acceptors (Lipinski definition) is 4. The van der Waals surface area contributed by atoms with Crippen molar-refractivity contribution in [3.05, 3.63) is 82.3 Å². The van der Waals surface area contributed by atoms with E-state index in [0.717, 1.165) is 47.5 Å². The molecule has 4 aromatic rings. The molecule has 0 atom stereocenters. The van der Waals surface area contributed by atoms with Gasteiger partial charge in [0.1, 0.15) is 5.65 Å². The molecule has 0 unspecified atom stereocenters. The van der Waals surface area contributed by atoms with Crippen LogP contribution in [0.4, 0.5) is 18.9 Å². The predicted molar refractivity (Wildman–Crippen MR) is 119 cm³/mol. The average Bonchev–Trinajstić information content (AvgIpc) is 3.17. The van der Waals surface area contributed by atoms with Crippen LogP contribution in [0.2, 0.25) is 0 Å². The molecule has 33 heavy (non-hydrogen) atoms. The van der Waals surface area contributed by atoms with Gasteiger partial charge in [-0.25, -0.2) is 18.2 Å². The molecule has 0 saturated carbocycles. The number of anilines is 1. The van der Waals surface area contributed by atoms with E-state index in [0.29, 0.717) is 18.8 Å². The van der Waals surface area contributed by atoms with Crippen LogP contribution in [-0.2, 0) is 18.3 Å². The zero-order chi connectivity index (χ0) is 23.1. The zero-order valence-corrected chi connectivity index (χ0v) is 17.9. The van der Waals surface area contributed by atoms with Crippen molar-refractivity contribution in [3.63, 3.8) is 0 Å². The Morgan fingerprint density at radius 2 is 1.85 bits per heavy atom. The molecule has 1 saturated heterocycles. The van der Waals surface area contributed by atoms with Crippen LogP contribution < -0.4 is 10.5 Å². The lowest BCUT2D eigenvalue weighted by Gasteiger charge is -2.28. The zero-order valence-electron chi connectivity index (χ0n) is 17.9. The summed E-state index contributed by atoms with van der Waals surface area (Å²) in [6.45, 7) is 2.69. The highest BCUT2D eigenvalue weighted by atomic mass is 19.2. The topological polar surface area (TPSA) is 52.3 Å². The lowest BCUT2D eigenvalue weighted by atomic mass is 10.1. The molecule has 3 aromatic heterocycles. The second kappa shape index (κ2) is 8.40. The number of pyridine rings is 2. The first-order valence-electron chi connectivity index (χ1n) is 10.5. The Morgan fingerprint density at radius 1 is 1.06 bits per heavy atom. The summed E-state index contributed by atoms with van der Waals surface area (Å²) in [5.41, 5.74) is 2.82. The summed E-state index contributed by atoms with van der Waals surface area (Å²) < 4.78 is 49.4. The van der Waals surface area contributed by atoms with Crippen molar-refractivity contribution in [1.29, 1.82) is 0 Å². The normalized spacial score (nSPS) is 14.2. The van der Waals surface area contributed by atoms with Crippen LogP contribution in [0.3, 0.4) is 0 Å². The third kappa shape index (κ3) is 3.89. The maximum Gasteiger partial charge on any atom is 0.251 e. The lowest BCUT2D eigenvalue weighted by molar-refractivity contribution is 0.122. The van der Waals surface area contributed by atoms with Crippen molar-refractivity contribution < 1.29 is 17.9 Å². The fraction of sp³-hybridized carbons (Fsp3) is 0.250. The fourth-order valence-corrected chi connectivity index (χ4v) is 4.15. The Kier molecular flexibility index (Phi) is 5.41. The van der Waals surface area contributed by atoms with E-state index >= 15 is 0 Å². The molecule has 1 aliphatic rings. The Morgan fingerprint density at radius 3 is 2.61 bits per heavy atom. The minimum atomic E-state index is -1.54. The molecule has 1 aliphatic heterocycles. The number of benzene rings is 1. The number of nitrogens with zero attached hydrogens (tertiary/aromatic N) is 4. The van der Waals surface area contributed by atoms with Crippen molar-refractivity contribution in [3.8, 4) is 11.1 Å². The van der Waals surface area contributed by atoms with Gasteiger partial charge in [0.15, 0.2) is 17.5 Å². The molecular weight excluding hydrogens is 433 g/mol. The van der Waals surface area contributed by atoms with Gasteiger partial charge in [0.2, 0.25) is 0 Å². The largest absolute Gasteiger partial charge is 0.378 e. The highest BCUT2D eigenvalue weighted by molar-refractivity contribution is 5.95. The van der Waals surface area contributed by atoms with E-state index in [-0.39, 0.29) is 17.7 Å². The summed E-state index contributed by atoms with van der Waals surface area (Å²) in [5.74, 6) is -4.10. The van der Waals surface area contributed by atoms with Crippen LogP contribution in [0.1, 0.15) is 5.56 Å². The van der Waals surface area contributed by atoms with Gasteiger partial charge in [0, 0.05) is 55.1 Å². The van der Waals surface area contributed by atoms with Crippen molar-refractivity contribution in [2.45, 2.75) is 6.54 Å². The summed E-state index contributed by atoms with van der Waals surface area (Å²) in [7, 11) is 1.89. The van der Waals surface area contributed by atoms with E-state index in [2.05, 4.69) is 16.0 Å². The van der Waals surface area contributed by atoms with Gasteiger partial charge in [-0.1, -0.05) is 6.07 Å². The molecule has 0 radical (unpaired) electrons. The third-order valence-corrected chi connectivity index (χ3v) is 5.94. The first-order valence-corrected chi connectivity index (χ1v) is 10.5. The Hall–Kier alpha value is -3.59. The number of rotatable bonds is 4. The molecule has 0 spiro atoms. The summed E-state index contributed by atoms with van der Waals surface area (Å²) in [5, 5.41) is 0.908. The van der Waals surface area contributed by atoms with Gasteiger partial charge >= 0.3 is 0 Å². The van der Waals surface area contributed by atoms with Crippen molar-refractivity contribution in [2.24, 2.45) is 7.05 Å². The highest BCUT2D eigenvalue weighted by Crippen LogP contribution is 2.31. The number of hydrogen-bond donors (Lipinski definition) is 0. The number of fused-ring (bicyclic) bond motifs is 1. The smallest absolute Gasteiger partial charge is 0.251 e. The molecule has 0 N–H and O–H groups in total. The Labute approximate surface area is 187 Å². The van der Waals surface area contributed by atoms with E-state index in [9.17, 15) is 18.0 Å². The van der Waals surface area contributed by atoms with Gasteiger partial charge in [-0.05, 0) is 23.8 Å². The molecule has 0 bridgehead atoms. The van der Waals surface area contributed by atoms with Crippen LogP contribution in [-0.4, -0.2) is 40.4 Å². The fourth-order valence-electron chi connectivity index (χ4n) is 4.15. The number of ether oxygens (including phenoxy) is 1. The summed E-state index contributed by atoms with van der Waals surface area (Å²) in [6.07, 6.45) is 5.27. The van der Waals surface area contributed by atoms with Gasteiger partial charge in [-0.3, -0.25) is 4.79 Å². The van der Waals surface area contributed by atoms with E-state index in [4.69, 9.17) is 4.74 Å². The molecule has 4 heterocycles. The highest BCUT2D eigenvalue weighted by Gasteiger charge is 2.17.